The van der Waals surface area contributed by atoms with Crippen LogP contribution in [0.5, 0.6) is 0 Å². The monoisotopic (exact) mass is 595 g/mol. The van der Waals surface area contributed by atoms with E-state index in [1.807, 2.05) is 0 Å². The maximum Gasteiger partial charge on any atom is 0.135 e. The summed E-state index contributed by atoms with van der Waals surface area (Å²) in [6.45, 7) is 0. The van der Waals surface area contributed by atoms with Gasteiger partial charge in [-0.2, -0.15) is 0 Å². The Labute approximate surface area is 270 Å². The summed E-state index contributed by atoms with van der Waals surface area (Å²) in [5.41, 5.74) is 14.2. The maximum atomic E-state index is 6.24. The zero-order valence-corrected chi connectivity index (χ0v) is 26.1. The van der Waals surface area contributed by atoms with Crippen molar-refractivity contribution in [2.45, 2.75) is 50.9 Å². The second-order valence-corrected chi connectivity index (χ2v) is 13.8. The SMILES string of the molecule is C1=CCCC(n2c3ccccc3c3cc(C4C=CC5=C(C4)C4=C(CCC=C4)CC5C4C=Cc5oc6ccccc6c5C4)ccc32)=C1. The molecule has 10 rings (SSSR count). The van der Waals surface area contributed by atoms with Gasteiger partial charge in [0.05, 0.1) is 11.0 Å². The smallest absolute Gasteiger partial charge is 0.135 e. The molecule has 2 heterocycles. The van der Waals surface area contributed by atoms with Crippen LogP contribution in [-0.2, 0) is 6.42 Å². The van der Waals surface area contributed by atoms with E-state index < -0.39 is 0 Å². The average molecular weight is 596 g/mol. The largest absolute Gasteiger partial charge is 0.456 e. The lowest BCUT2D eigenvalue weighted by Crippen LogP contribution is -2.26. The molecular formula is C44H37NO. The number of nitrogens with zero attached hydrogens (tertiary/aromatic N) is 1. The summed E-state index contributed by atoms with van der Waals surface area (Å²) in [7, 11) is 0. The normalized spacial score (nSPS) is 23.7. The van der Waals surface area contributed by atoms with E-state index in [0.717, 1.165) is 43.4 Å². The van der Waals surface area contributed by atoms with Crippen LogP contribution in [0.2, 0.25) is 0 Å². The molecule has 2 heteroatoms. The van der Waals surface area contributed by atoms with Crippen molar-refractivity contribution < 1.29 is 4.42 Å². The van der Waals surface area contributed by atoms with Crippen molar-refractivity contribution in [1.29, 1.82) is 0 Å². The number of rotatable bonds is 3. The molecule has 224 valence electrons. The van der Waals surface area contributed by atoms with Gasteiger partial charge in [0, 0.05) is 33.3 Å². The van der Waals surface area contributed by atoms with Crippen LogP contribution in [0.3, 0.4) is 0 Å². The van der Waals surface area contributed by atoms with Gasteiger partial charge in [-0.05, 0) is 115 Å². The third-order valence-corrected chi connectivity index (χ3v) is 11.3. The standard InChI is InChI=1S/C44H37NO/c1-2-11-32(12-3-1)45-41-16-8-6-14-35(41)39-25-29(19-22-42(39)45)28-18-21-34-37(26-30-10-4-5-13-33(30)38(34)24-28)31-20-23-44-40(27-31)36-15-7-9-17-43(36)46-44/h1-2,5-9,11,13-23,25,28,31,37H,3-4,10,12,24,26-27H2. The number of benzene rings is 3. The molecule has 5 aromatic rings. The topological polar surface area (TPSA) is 18.1 Å². The van der Waals surface area contributed by atoms with E-state index >= 15 is 0 Å². The average Bonchev–Trinajstić information content (AvgIpc) is 3.66. The molecule has 0 bridgehead atoms. The lowest BCUT2D eigenvalue weighted by molar-refractivity contribution is 0.428. The van der Waals surface area contributed by atoms with Crippen molar-refractivity contribution in [1.82, 2.24) is 4.57 Å². The molecule has 2 aromatic heterocycles. The molecule has 3 aromatic carbocycles. The van der Waals surface area contributed by atoms with Crippen LogP contribution in [0.15, 0.2) is 142 Å². The summed E-state index contributed by atoms with van der Waals surface area (Å²) in [5.74, 6) is 2.41. The van der Waals surface area contributed by atoms with Gasteiger partial charge in [-0.1, -0.05) is 90.6 Å². The fourth-order valence-electron chi connectivity index (χ4n) is 9.12. The van der Waals surface area contributed by atoms with Crippen molar-refractivity contribution in [2.24, 2.45) is 11.8 Å². The van der Waals surface area contributed by atoms with Crippen LogP contribution in [0, 0.1) is 11.8 Å². The second kappa shape index (κ2) is 10.4. The zero-order chi connectivity index (χ0) is 30.2. The summed E-state index contributed by atoms with van der Waals surface area (Å²) in [5, 5.41) is 4.00. The Morgan fingerprint density at radius 1 is 0.717 bits per heavy atom. The molecule has 2 nitrogen and oxygen atoms in total. The highest BCUT2D eigenvalue weighted by Crippen LogP contribution is 2.50. The van der Waals surface area contributed by atoms with Crippen molar-refractivity contribution in [3.63, 3.8) is 0 Å². The molecule has 0 saturated heterocycles. The third kappa shape index (κ3) is 4.02. The quantitative estimate of drug-likeness (QED) is 0.203. The highest BCUT2D eigenvalue weighted by Gasteiger charge is 2.36. The fourth-order valence-corrected chi connectivity index (χ4v) is 9.12. The first kappa shape index (κ1) is 26.4. The van der Waals surface area contributed by atoms with Crippen molar-refractivity contribution in [3.8, 4) is 0 Å². The minimum Gasteiger partial charge on any atom is -0.456 e. The van der Waals surface area contributed by atoms with Crippen LogP contribution in [0.4, 0.5) is 0 Å². The minimum atomic E-state index is 0.372. The summed E-state index contributed by atoms with van der Waals surface area (Å²) < 4.78 is 8.73. The van der Waals surface area contributed by atoms with Gasteiger partial charge in [-0.3, -0.25) is 0 Å². The molecule has 46 heavy (non-hydrogen) atoms. The summed E-state index contributed by atoms with van der Waals surface area (Å²) >= 11 is 0. The van der Waals surface area contributed by atoms with Gasteiger partial charge < -0.3 is 8.98 Å². The predicted octanol–water partition coefficient (Wildman–Crippen LogP) is 11.6. The Morgan fingerprint density at radius 2 is 1.59 bits per heavy atom. The molecular weight excluding hydrogens is 558 g/mol. The molecule has 0 aliphatic heterocycles. The van der Waals surface area contributed by atoms with E-state index in [2.05, 4.69) is 126 Å². The molecule has 5 aliphatic carbocycles. The Hall–Kier alpha value is -4.82. The number of fused-ring (bicyclic) bond motifs is 7. The molecule has 0 spiro atoms. The number of allylic oxidation sites excluding steroid dienone is 13. The predicted molar refractivity (Wildman–Crippen MR) is 192 cm³/mol. The first-order valence-corrected chi connectivity index (χ1v) is 17.2. The number of hydrogen-bond acceptors (Lipinski definition) is 1. The van der Waals surface area contributed by atoms with E-state index in [4.69, 9.17) is 4.42 Å². The number of para-hydroxylation sites is 2. The maximum absolute atomic E-state index is 6.24. The zero-order valence-electron chi connectivity index (χ0n) is 26.1. The molecule has 5 aliphatic rings. The fraction of sp³-hybridized carbons (Fsp3) is 0.227. The van der Waals surface area contributed by atoms with E-state index in [1.165, 1.54) is 62.4 Å². The Balaban J connectivity index is 1.03. The number of aromatic nitrogens is 1. The Kier molecular flexibility index (Phi) is 5.94. The van der Waals surface area contributed by atoms with E-state index in [9.17, 15) is 0 Å². The van der Waals surface area contributed by atoms with Crippen LogP contribution in [-0.4, -0.2) is 4.57 Å². The van der Waals surface area contributed by atoms with Gasteiger partial charge in [0.1, 0.15) is 11.3 Å². The Bertz CT molecular complexity index is 2300. The van der Waals surface area contributed by atoms with Crippen LogP contribution < -0.4 is 0 Å². The van der Waals surface area contributed by atoms with Crippen LogP contribution >= 0.6 is 0 Å². The molecule has 0 radical (unpaired) electrons. The van der Waals surface area contributed by atoms with Crippen LogP contribution in [0.1, 0.15) is 61.3 Å². The molecule has 3 unspecified atom stereocenters. The van der Waals surface area contributed by atoms with Gasteiger partial charge in [-0.25, -0.2) is 0 Å². The lowest BCUT2D eigenvalue weighted by Gasteiger charge is -2.39. The van der Waals surface area contributed by atoms with Gasteiger partial charge in [0.25, 0.3) is 0 Å². The lowest BCUT2D eigenvalue weighted by atomic mass is 9.65. The van der Waals surface area contributed by atoms with Crippen molar-refractivity contribution in [3.05, 3.63) is 155 Å². The van der Waals surface area contributed by atoms with E-state index in [1.54, 1.807) is 16.7 Å². The molecule has 0 amide bonds. The van der Waals surface area contributed by atoms with E-state index in [0.29, 0.717) is 17.8 Å². The van der Waals surface area contributed by atoms with E-state index in [-0.39, 0.29) is 0 Å². The highest BCUT2D eigenvalue weighted by atomic mass is 16.3. The molecule has 3 atom stereocenters. The highest BCUT2D eigenvalue weighted by molar-refractivity contribution is 6.10. The number of hydrogen-bond donors (Lipinski definition) is 0. The van der Waals surface area contributed by atoms with Gasteiger partial charge in [0.2, 0.25) is 0 Å². The van der Waals surface area contributed by atoms with Crippen LogP contribution in [0.25, 0.3) is 44.5 Å². The summed E-state index contributed by atoms with van der Waals surface area (Å²) in [6, 6.07) is 24.8. The van der Waals surface area contributed by atoms with Gasteiger partial charge in [-0.15, -0.1) is 0 Å². The van der Waals surface area contributed by atoms with Gasteiger partial charge in [0.15, 0.2) is 0 Å². The number of furan rings is 1. The molecule has 0 saturated carbocycles. The van der Waals surface area contributed by atoms with Crippen molar-refractivity contribution >= 4 is 44.5 Å². The first-order chi connectivity index (χ1) is 22.8. The summed E-state index contributed by atoms with van der Waals surface area (Å²) in [4.78, 5) is 0. The molecule has 0 N–H and O–H groups in total. The third-order valence-electron chi connectivity index (χ3n) is 11.3. The Morgan fingerprint density at radius 3 is 2.52 bits per heavy atom. The van der Waals surface area contributed by atoms with Gasteiger partial charge >= 0.3 is 0 Å². The summed E-state index contributed by atoms with van der Waals surface area (Å²) in [6.07, 6.45) is 29.2. The van der Waals surface area contributed by atoms with Crippen molar-refractivity contribution in [2.75, 3.05) is 0 Å². The first-order valence-electron chi connectivity index (χ1n) is 17.2. The second-order valence-electron chi connectivity index (χ2n) is 13.8. The molecule has 0 fully saturated rings. The minimum absolute atomic E-state index is 0.372.